The second-order valence-corrected chi connectivity index (χ2v) is 5.20. The van der Waals surface area contributed by atoms with E-state index in [-0.39, 0.29) is 24.6 Å². The number of ether oxygens (including phenoxy) is 1. The van der Waals surface area contributed by atoms with Crippen molar-refractivity contribution in [3.05, 3.63) is 64.8 Å². The average molecular weight is 340 g/mol. The van der Waals surface area contributed by atoms with E-state index in [2.05, 4.69) is 15.6 Å². The van der Waals surface area contributed by atoms with Crippen molar-refractivity contribution in [1.29, 1.82) is 0 Å². The fourth-order valence-electron chi connectivity index (χ4n) is 2.19. The number of benzene rings is 1. The minimum Gasteiger partial charge on any atom is -0.497 e. The Balaban J connectivity index is 1.72. The molecule has 8 heteroatoms. The molecule has 8 nitrogen and oxygen atoms in total. The first-order chi connectivity index (χ1) is 12.2. The smallest absolute Gasteiger partial charge is 0.267 e. The van der Waals surface area contributed by atoms with E-state index in [9.17, 15) is 9.59 Å². The monoisotopic (exact) mass is 340 g/mol. The first-order valence-electron chi connectivity index (χ1n) is 7.54. The Morgan fingerprint density at radius 2 is 2.00 bits per heavy atom. The molecule has 1 N–H and O–H groups in total. The standard InChI is InChI=1S/C17H16N4O4/c1-24-13-4-2-12(3-5-13)15-6-7-17(23)21(20-15)11-16(22)18-10-14-8-9-19-25-14/h2-9H,10-11H2,1H3,(H,18,22). The lowest BCUT2D eigenvalue weighted by molar-refractivity contribution is -0.122. The van der Waals surface area contributed by atoms with E-state index in [1.54, 1.807) is 31.4 Å². The van der Waals surface area contributed by atoms with Gasteiger partial charge in [0.05, 0.1) is 25.5 Å². The molecule has 0 bridgehead atoms. The van der Waals surface area contributed by atoms with Crippen molar-refractivity contribution in [3.63, 3.8) is 0 Å². The topological polar surface area (TPSA) is 99.2 Å². The lowest BCUT2D eigenvalue weighted by Gasteiger charge is -2.08. The molecule has 3 rings (SSSR count). The minimum atomic E-state index is -0.355. The summed E-state index contributed by atoms with van der Waals surface area (Å²) in [6.45, 7) is 0.0166. The number of carbonyl (C=O) groups is 1. The largest absolute Gasteiger partial charge is 0.497 e. The van der Waals surface area contributed by atoms with Gasteiger partial charge in [-0.25, -0.2) is 4.68 Å². The lowest BCUT2D eigenvalue weighted by Crippen LogP contribution is -2.33. The molecule has 1 aromatic carbocycles. The maximum atomic E-state index is 12.0. The molecule has 0 spiro atoms. The Kier molecular flexibility index (Phi) is 4.89. The summed E-state index contributed by atoms with van der Waals surface area (Å²) in [4.78, 5) is 23.9. The maximum Gasteiger partial charge on any atom is 0.267 e. The molecule has 25 heavy (non-hydrogen) atoms. The molecule has 2 aromatic heterocycles. The van der Waals surface area contributed by atoms with Crippen LogP contribution < -0.4 is 15.6 Å². The summed E-state index contributed by atoms with van der Waals surface area (Å²) in [5, 5.41) is 10.4. The third kappa shape index (κ3) is 4.11. The van der Waals surface area contributed by atoms with E-state index >= 15 is 0 Å². The summed E-state index contributed by atoms with van der Waals surface area (Å²) < 4.78 is 11.1. The van der Waals surface area contributed by atoms with Gasteiger partial charge in [0.1, 0.15) is 12.3 Å². The summed E-state index contributed by atoms with van der Waals surface area (Å²) in [6.07, 6.45) is 1.49. The van der Waals surface area contributed by atoms with Gasteiger partial charge in [0, 0.05) is 17.7 Å². The first-order valence-corrected chi connectivity index (χ1v) is 7.54. The molecular formula is C17H16N4O4. The molecule has 3 aromatic rings. The average Bonchev–Trinajstić information content (AvgIpc) is 3.15. The van der Waals surface area contributed by atoms with Crippen LogP contribution in [0.2, 0.25) is 0 Å². The summed E-state index contributed by atoms with van der Waals surface area (Å²) in [7, 11) is 1.59. The molecule has 0 saturated heterocycles. The van der Waals surface area contributed by atoms with E-state index < -0.39 is 0 Å². The molecular weight excluding hydrogens is 324 g/mol. The maximum absolute atomic E-state index is 12.0. The van der Waals surface area contributed by atoms with Crippen LogP contribution >= 0.6 is 0 Å². The van der Waals surface area contributed by atoms with Gasteiger partial charge < -0.3 is 14.6 Å². The number of hydrogen-bond acceptors (Lipinski definition) is 6. The molecule has 2 heterocycles. The van der Waals surface area contributed by atoms with Crippen LogP contribution in [0.3, 0.4) is 0 Å². The number of amides is 1. The summed E-state index contributed by atoms with van der Waals surface area (Å²) >= 11 is 0. The molecule has 0 fully saturated rings. The highest BCUT2D eigenvalue weighted by Crippen LogP contribution is 2.19. The van der Waals surface area contributed by atoms with Crippen molar-refractivity contribution >= 4 is 5.91 Å². The van der Waals surface area contributed by atoms with Gasteiger partial charge in [0.25, 0.3) is 5.56 Å². The molecule has 0 aliphatic carbocycles. The van der Waals surface area contributed by atoms with Crippen LogP contribution in [0, 0.1) is 0 Å². The molecule has 0 unspecified atom stereocenters. The third-order valence-electron chi connectivity index (χ3n) is 3.50. The molecule has 1 amide bonds. The predicted molar refractivity (Wildman–Crippen MR) is 88.8 cm³/mol. The summed E-state index contributed by atoms with van der Waals surface area (Å²) in [5.41, 5.74) is 1.05. The zero-order valence-electron chi connectivity index (χ0n) is 13.5. The van der Waals surface area contributed by atoms with Crippen molar-refractivity contribution in [1.82, 2.24) is 20.3 Å². The van der Waals surface area contributed by atoms with Gasteiger partial charge in [0.15, 0.2) is 5.76 Å². The highest BCUT2D eigenvalue weighted by Gasteiger charge is 2.09. The Morgan fingerprint density at radius 1 is 1.20 bits per heavy atom. The highest BCUT2D eigenvalue weighted by molar-refractivity contribution is 5.75. The number of carbonyl (C=O) groups excluding carboxylic acids is 1. The molecule has 0 aliphatic heterocycles. The van der Waals surface area contributed by atoms with Gasteiger partial charge in [-0.05, 0) is 30.3 Å². The molecule has 0 atom stereocenters. The van der Waals surface area contributed by atoms with Gasteiger partial charge in [-0.2, -0.15) is 5.10 Å². The number of methoxy groups -OCH3 is 1. The van der Waals surface area contributed by atoms with Crippen molar-refractivity contribution in [2.45, 2.75) is 13.1 Å². The van der Waals surface area contributed by atoms with Crippen LogP contribution in [0.4, 0.5) is 0 Å². The van der Waals surface area contributed by atoms with E-state index in [1.165, 1.54) is 12.3 Å². The van der Waals surface area contributed by atoms with Crippen LogP contribution in [-0.4, -0.2) is 28.0 Å². The number of nitrogens with zero attached hydrogens (tertiary/aromatic N) is 3. The van der Waals surface area contributed by atoms with Crippen LogP contribution in [0.15, 0.2) is 58.0 Å². The van der Waals surface area contributed by atoms with Crippen LogP contribution in [0.25, 0.3) is 11.3 Å². The fraction of sp³-hybridized carbons (Fsp3) is 0.176. The Morgan fingerprint density at radius 3 is 2.68 bits per heavy atom. The van der Waals surface area contributed by atoms with Gasteiger partial charge in [-0.3, -0.25) is 9.59 Å². The van der Waals surface area contributed by atoms with Crippen LogP contribution in [-0.2, 0) is 17.9 Å². The second-order valence-electron chi connectivity index (χ2n) is 5.20. The van der Waals surface area contributed by atoms with E-state index in [4.69, 9.17) is 9.26 Å². The Bertz CT molecular complexity index is 901. The molecule has 0 aliphatic rings. The van der Waals surface area contributed by atoms with Crippen molar-refractivity contribution < 1.29 is 14.1 Å². The summed E-state index contributed by atoms with van der Waals surface area (Å²) in [6, 6.07) is 11.9. The normalized spacial score (nSPS) is 10.4. The zero-order chi connectivity index (χ0) is 17.6. The minimum absolute atomic E-state index is 0.184. The quantitative estimate of drug-likeness (QED) is 0.724. The second kappa shape index (κ2) is 7.43. The van der Waals surface area contributed by atoms with Crippen LogP contribution in [0.5, 0.6) is 5.75 Å². The predicted octanol–water partition coefficient (Wildman–Crippen LogP) is 1.22. The SMILES string of the molecule is COc1ccc(-c2ccc(=O)n(CC(=O)NCc3ccno3)n2)cc1. The molecule has 128 valence electrons. The van der Waals surface area contributed by atoms with E-state index in [0.29, 0.717) is 11.5 Å². The van der Waals surface area contributed by atoms with E-state index in [1.807, 2.05) is 12.1 Å². The number of rotatable bonds is 6. The van der Waals surface area contributed by atoms with Crippen LogP contribution in [0.1, 0.15) is 5.76 Å². The van der Waals surface area contributed by atoms with Gasteiger partial charge >= 0.3 is 0 Å². The Labute approximate surface area is 143 Å². The van der Waals surface area contributed by atoms with Gasteiger partial charge in [0.2, 0.25) is 5.91 Å². The summed E-state index contributed by atoms with van der Waals surface area (Å²) in [5.74, 6) is 0.905. The number of nitrogens with one attached hydrogen (secondary N) is 1. The van der Waals surface area contributed by atoms with Crippen molar-refractivity contribution in [2.75, 3.05) is 7.11 Å². The fourth-order valence-corrected chi connectivity index (χ4v) is 2.19. The molecule has 0 radical (unpaired) electrons. The van der Waals surface area contributed by atoms with Crippen molar-refractivity contribution in [2.24, 2.45) is 0 Å². The number of aromatic nitrogens is 3. The van der Waals surface area contributed by atoms with Gasteiger partial charge in [-0.15, -0.1) is 0 Å². The Hall–Kier alpha value is -3.42. The lowest BCUT2D eigenvalue weighted by atomic mass is 10.1. The first kappa shape index (κ1) is 16.4. The number of hydrogen-bond donors (Lipinski definition) is 1. The van der Waals surface area contributed by atoms with E-state index in [0.717, 1.165) is 16.0 Å². The third-order valence-corrected chi connectivity index (χ3v) is 3.50. The highest BCUT2D eigenvalue weighted by atomic mass is 16.5. The van der Waals surface area contributed by atoms with Gasteiger partial charge in [-0.1, -0.05) is 5.16 Å². The van der Waals surface area contributed by atoms with Crippen molar-refractivity contribution in [3.8, 4) is 17.0 Å². The molecule has 0 saturated carbocycles. The zero-order valence-corrected chi connectivity index (χ0v) is 13.5.